The van der Waals surface area contributed by atoms with Crippen molar-refractivity contribution in [2.75, 3.05) is 6.54 Å². The molecular formula is C10H15NO2. The van der Waals surface area contributed by atoms with Crippen molar-refractivity contribution in [1.82, 2.24) is 4.90 Å². The Morgan fingerprint density at radius 1 is 1.23 bits per heavy atom. The van der Waals surface area contributed by atoms with Gasteiger partial charge in [0.2, 0.25) is 0 Å². The van der Waals surface area contributed by atoms with Gasteiger partial charge in [-0.15, -0.1) is 0 Å². The average Bonchev–Trinajstić information content (AvgIpc) is 2.36. The van der Waals surface area contributed by atoms with Crippen LogP contribution in [0.25, 0.3) is 0 Å². The molecule has 1 aliphatic heterocycles. The van der Waals surface area contributed by atoms with Gasteiger partial charge < -0.3 is 0 Å². The molecule has 0 fully saturated rings. The molecule has 0 radical (unpaired) electrons. The molecule has 0 N–H and O–H groups in total. The van der Waals surface area contributed by atoms with E-state index in [4.69, 9.17) is 0 Å². The number of hydrogen-bond donors (Lipinski definition) is 0. The van der Waals surface area contributed by atoms with E-state index in [1.807, 2.05) is 13.8 Å². The molecule has 1 rings (SSSR count). The minimum absolute atomic E-state index is 0.0112. The van der Waals surface area contributed by atoms with Gasteiger partial charge in [-0.05, 0) is 11.8 Å². The first-order valence-electron chi connectivity index (χ1n) is 4.50. The number of imide groups is 1. The Balaban J connectivity index is 2.65. The van der Waals surface area contributed by atoms with Crippen molar-refractivity contribution >= 4 is 11.8 Å². The molecule has 0 saturated carbocycles. The second-order valence-electron chi connectivity index (χ2n) is 4.11. The summed E-state index contributed by atoms with van der Waals surface area (Å²) in [5, 5.41) is 0. The topological polar surface area (TPSA) is 37.4 Å². The van der Waals surface area contributed by atoms with Gasteiger partial charge in [0.1, 0.15) is 0 Å². The summed E-state index contributed by atoms with van der Waals surface area (Å²) in [4.78, 5) is 23.7. The maximum absolute atomic E-state index is 11.2. The van der Waals surface area contributed by atoms with E-state index in [-0.39, 0.29) is 17.2 Å². The highest BCUT2D eigenvalue weighted by atomic mass is 16.2. The summed E-state index contributed by atoms with van der Waals surface area (Å²) in [6.07, 6.45) is 3.60. The van der Waals surface area contributed by atoms with Crippen LogP contribution >= 0.6 is 0 Å². The molecule has 0 unspecified atom stereocenters. The van der Waals surface area contributed by atoms with Crippen molar-refractivity contribution in [3.05, 3.63) is 12.2 Å². The lowest BCUT2D eigenvalue weighted by Gasteiger charge is -2.27. The molecule has 0 atom stereocenters. The molecule has 0 aromatic heterocycles. The third-order valence-corrected chi connectivity index (χ3v) is 2.44. The van der Waals surface area contributed by atoms with Gasteiger partial charge in [0.25, 0.3) is 11.8 Å². The van der Waals surface area contributed by atoms with E-state index in [1.54, 1.807) is 0 Å². The summed E-state index contributed by atoms with van der Waals surface area (Å²) < 4.78 is 0. The number of carbonyl (C=O) groups is 2. The van der Waals surface area contributed by atoms with Gasteiger partial charge in [-0.3, -0.25) is 14.5 Å². The molecule has 0 saturated heterocycles. The lowest BCUT2D eigenvalue weighted by molar-refractivity contribution is -0.138. The molecule has 0 bridgehead atoms. The first kappa shape index (κ1) is 9.96. The summed E-state index contributed by atoms with van der Waals surface area (Å²) in [6, 6.07) is 0. The fourth-order valence-corrected chi connectivity index (χ4v) is 1.13. The van der Waals surface area contributed by atoms with Crippen molar-refractivity contribution in [2.24, 2.45) is 5.41 Å². The Kier molecular flexibility index (Phi) is 2.55. The smallest absolute Gasteiger partial charge is 0.253 e. The summed E-state index contributed by atoms with van der Waals surface area (Å²) >= 11 is 0. The number of rotatable bonds is 3. The van der Waals surface area contributed by atoms with Crippen molar-refractivity contribution in [3.63, 3.8) is 0 Å². The van der Waals surface area contributed by atoms with Gasteiger partial charge in [0, 0.05) is 18.7 Å². The van der Waals surface area contributed by atoms with Crippen LogP contribution in [0.15, 0.2) is 12.2 Å². The maximum atomic E-state index is 11.2. The van der Waals surface area contributed by atoms with E-state index in [0.29, 0.717) is 6.54 Å². The monoisotopic (exact) mass is 181 g/mol. The second kappa shape index (κ2) is 3.32. The third kappa shape index (κ3) is 2.17. The van der Waals surface area contributed by atoms with Crippen molar-refractivity contribution in [2.45, 2.75) is 27.2 Å². The highest BCUT2D eigenvalue weighted by Crippen LogP contribution is 2.22. The molecule has 0 aromatic carbocycles. The quantitative estimate of drug-likeness (QED) is 0.616. The molecule has 0 aromatic rings. The molecule has 1 aliphatic rings. The van der Waals surface area contributed by atoms with Crippen LogP contribution in [0.4, 0.5) is 0 Å². The van der Waals surface area contributed by atoms with Crippen molar-refractivity contribution in [1.29, 1.82) is 0 Å². The number of hydrogen-bond acceptors (Lipinski definition) is 2. The minimum atomic E-state index is -0.188. The highest BCUT2D eigenvalue weighted by Gasteiger charge is 2.29. The number of carbonyl (C=O) groups excluding carboxylic acids is 2. The Labute approximate surface area is 78.4 Å². The van der Waals surface area contributed by atoms with Gasteiger partial charge in [-0.1, -0.05) is 20.8 Å². The van der Waals surface area contributed by atoms with E-state index >= 15 is 0 Å². The fourth-order valence-electron chi connectivity index (χ4n) is 1.13. The first-order chi connectivity index (χ1) is 5.96. The Hall–Kier alpha value is -1.12. The van der Waals surface area contributed by atoms with Crippen molar-refractivity contribution < 1.29 is 9.59 Å². The zero-order valence-electron chi connectivity index (χ0n) is 8.33. The second-order valence-corrected chi connectivity index (χ2v) is 4.11. The van der Waals surface area contributed by atoms with E-state index < -0.39 is 0 Å². The molecular weight excluding hydrogens is 166 g/mol. The first-order valence-corrected chi connectivity index (χ1v) is 4.50. The van der Waals surface area contributed by atoms with Gasteiger partial charge >= 0.3 is 0 Å². The molecule has 1 heterocycles. The molecule has 72 valence electrons. The van der Waals surface area contributed by atoms with Gasteiger partial charge in [-0.25, -0.2) is 0 Å². The predicted molar refractivity (Wildman–Crippen MR) is 49.9 cm³/mol. The van der Waals surface area contributed by atoms with Crippen LogP contribution in [-0.4, -0.2) is 23.3 Å². The SMILES string of the molecule is CCC(C)(C)CN1C(=O)C=CC1=O. The summed E-state index contributed by atoms with van der Waals surface area (Å²) in [5.41, 5.74) is 0.0112. The van der Waals surface area contributed by atoms with Gasteiger partial charge in [0.15, 0.2) is 0 Å². The average molecular weight is 181 g/mol. The molecule has 13 heavy (non-hydrogen) atoms. The Bertz CT molecular complexity index is 248. The lowest BCUT2D eigenvalue weighted by Crippen LogP contribution is -2.38. The zero-order chi connectivity index (χ0) is 10.1. The van der Waals surface area contributed by atoms with E-state index in [1.165, 1.54) is 17.1 Å². The Morgan fingerprint density at radius 3 is 2.08 bits per heavy atom. The largest absolute Gasteiger partial charge is 0.275 e. The van der Waals surface area contributed by atoms with Crippen LogP contribution in [0.3, 0.4) is 0 Å². The van der Waals surface area contributed by atoms with Gasteiger partial charge in [0.05, 0.1) is 0 Å². The van der Waals surface area contributed by atoms with Gasteiger partial charge in [-0.2, -0.15) is 0 Å². The van der Waals surface area contributed by atoms with Crippen LogP contribution in [0.5, 0.6) is 0 Å². The third-order valence-electron chi connectivity index (χ3n) is 2.44. The molecule has 0 spiro atoms. The normalized spacial score (nSPS) is 17.3. The molecule has 2 amide bonds. The zero-order valence-corrected chi connectivity index (χ0v) is 8.33. The lowest BCUT2D eigenvalue weighted by atomic mass is 9.90. The summed E-state index contributed by atoms with van der Waals surface area (Å²) in [6.45, 7) is 6.66. The van der Waals surface area contributed by atoms with E-state index in [0.717, 1.165) is 6.42 Å². The predicted octanol–water partition coefficient (Wildman–Crippen LogP) is 1.35. The van der Waals surface area contributed by atoms with E-state index in [9.17, 15) is 9.59 Å². The van der Waals surface area contributed by atoms with Crippen LogP contribution < -0.4 is 0 Å². The van der Waals surface area contributed by atoms with Crippen LogP contribution in [0.1, 0.15) is 27.2 Å². The number of amides is 2. The van der Waals surface area contributed by atoms with Crippen LogP contribution in [0, 0.1) is 5.41 Å². The standard InChI is InChI=1S/C10H15NO2/c1-4-10(2,3)7-11-8(12)5-6-9(11)13/h5-6H,4,7H2,1-3H3. The molecule has 0 aliphatic carbocycles. The van der Waals surface area contributed by atoms with Crippen LogP contribution in [0.2, 0.25) is 0 Å². The maximum Gasteiger partial charge on any atom is 0.253 e. The van der Waals surface area contributed by atoms with Crippen LogP contribution in [-0.2, 0) is 9.59 Å². The summed E-state index contributed by atoms with van der Waals surface area (Å²) in [7, 11) is 0. The minimum Gasteiger partial charge on any atom is -0.275 e. The molecule has 3 nitrogen and oxygen atoms in total. The fraction of sp³-hybridized carbons (Fsp3) is 0.600. The highest BCUT2D eigenvalue weighted by molar-refractivity contribution is 6.12. The summed E-state index contributed by atoms with van der Waals surface area (Å²) in [5.74, 6) is -0.377. The van der Waals surface area contributed by atoms with E-state index in [2.05, 4.69) is 6.92 Å². The molecule has 3 heteroatoms. The van der Waals surface area contributed by atoms with Crippen molar-refractivity contribution in [3.8, 4) is 0 Å². The Morgan fingerprint density at radius 2 is 1.69 bits per heavy atom. The number of nitrogens with zero attached hydrogens (tertiary/aromatic N) is 1.